The Morgan fingerprint density at radius 3 is 2.52 bits per heavy atom. The second-order valence-corrected chi connectivity index (χ2v) is 4.88. The monoisotopic (exact) mass is 318 g/mol. The van der Waals surface area contributed by atoms with E-state index in [0.29, 0.717) is 0 Å². The van der Waals surface area contributed by atoms with Crippen LogP contribution in [0.2, 0.25) is 0 Å². The molecule has 6 heteroatoms. The molecule has 0 aliphatic carbocycles. The Labute approximate surface area is 135 Å². The number of hydrogen-bond acceptors (Lipinski definition) is 4. The van der Waals surface area contributed by atoms with Crippen LogP contribution in [0.3, 0.4) is 0 Å². The van der Waals surface area contributed by atoms with Crippen molar-refractivity contribution in [2.24, 2.45) is 5.73 Å². The van der Waals surface area contributed by atoms with Crippen molar-refractivity contribution in [2.45, 2.75) is 32.2 Å². The van der Waals surface area contributed by atoms with Crippen molar-refractivity contribution < 1.29 is 19.1 Å². The highest BCUT2D eigenvalue weighted by Crippen LogP contribution is 2.04. The van der Waals surface area contributed by atoms with Gasteiger partial charge in [-0.3, -0.25) is 14.4 Å². The van der Waals surface area contributed by atoms with Crippen molar-refractivity contribution in [2.75, 3.05) is 6.61 Å². The first-order valence-electron chi connectivity index (χ1n) is 7.48. The van der Waals surface area contributed by atoms with Gasteiger partial charge in [-0.1, -0.05) is 42.5 Å². The van der Waals surface area contributed by atoms with Crippen LogP contribution in [0.4, 0.5) is 0 Å². The van der Waals surface area contributed by atoms with E-state index in [4.69, 9.17) is 10.5 Å². The first-order valence-corrected chi connectivity index (χ1v) is 7.48. The van der Waals surface area contributed by atoms with E-state index in [1.165, 1.54) is 0 Å². The molecular formula is C17H22N2O4. The Morgan fingerprint density at radius 2 is 1.91 bits per heavy atom. The zero-order valence-corrected chi connectivity index (χ0v) is 13.2. The van der Waals surface area contributed by atoms with Crippen LogP contribution in [0.15, 0.2) is 36.4 Å². The Bertz CT molecular complexity index is 555. The van der Waals surface area contributed by atoms with Gasteiger partial charge in [0.1, 0.15) is 6.04 Å². The van der Waals surface area contributed by atoms with Gasteiger partial charge in [-0.25, -0.2) is 0 Å². The molecule has 1 rings (SSSR count). The van der Waals surface area contributed by atoms with E-state index in [-0.39, 0.29) is 25.9 Å². The molecule has 1 atom stereocenters. The molecule has 0 spiro atoms. The third-order valence-corrected chi connectivity index (χ3v) is 3.02. The van der Waals surface area contributed by atoms with Crippen molar-refractivity contribution in [1.82, 2.24) is 5.32 Å². The van der Waals surface area contributed by atoms with Crippen LogP contribution in [-0.4, -0.2) is 30.4 Å². The van der Waals surface area contributed by atoms with Crippen LogP contribution < -0.4 is 11.1 Å². The highest BCUT2D eigenvalue weighted by Gasteiger charge is 2.17. The van der Waals surface area contributed by atoms with E-state index in [9.17, 15) is 14.4 Å². The molecule has 0 bridgehead atoms. The minimum absolute atomic E-state index is 0.0228. The fraction of sp³-hybridized carbons (Fsp3) is 0.353. The highest BCUT2D eigenvalue weighted by molar-refractivity contribution is 5.88. The SMILES string of the molecule is CCOC(=O)CCC(=O)N[C@@H](C/C=C/c1ccccc1)C(N)=O. The predicted octanol–water partition coefficient (Wildman–Crippen LogP) is 1.40. The number of primary amides is 1. The molecular weight excluding hydrogens is 296 g/mol. The molecule has 0 aliphatic heterocycles. The third-order valence-electron chi connectivity index (χ3n) is 3.02. The lowest BCUT2D eigenvalue weighted by Crippen LogP contribution is -2.44. The summed E-state index contributed by atoms with van der Waals surface area (Å²) in [6.45, 7) is 1.97. The minimum Gasteiger partial charge on any atom is -0.466 e. The lowest BCUT2D eigenvalue weighted by atomic mass is 10.1. The van der Waals surface area contributed by atoms with Crippen LogP contribution in [0.5, 0.6) is 0 Å². The number of esters is 1. The molecule has 0 saturated carbocycles. The zero-order valence-electron chi connectivity index (χ0n) is 13.2. The summed E-state index contributed by atoms with van der Waals surface area (Å²) in [5, 5.41) is 2.53. The fourth-order valence-electron chi connectivity index (χ4n) is 1.87. The van der Waals surface area contributed by atoms with E-state index < -0.39 is 23.8 Å². The molecule has 0 aromatic heterocycles. The summed E-state index contributed by atoms with van der Waals surface area (Å²) in [6, 6.07) is 8.77. The summed E-state index contributed by atoms with van der Waals surface area (Å²) in [5.41, 5.74) is 6.28. The smallest absolute Gasteiger partial charge is 0.306 e. The molecule has 0 unspecified atom stereocenters. The molecule has 6 nitrogen and oxygen atoms in total. The van der Waals surface area contributed by atoms with E-state index in [2.05, 4.69) is 5.32 Å². The topological polar surface area (TPSA) is 98.5 Å². The molecule has 1 aromatic rings. The minimum atomic E-state index is -0.801. The molecule has 124 valence electrons. The van der Waals surface area contributed by atoms with Gasteiger partial charge in [0.2, 0.25) is 11.8 Å². The first-order chi connectivity index (χ1) is 11.0. The second kappa shape index (κ2) is 10.2. The lowest BCUT2D eigenvalue weighted by Gasteiger charge is -2.13. The Kier molecular flexibility index (Phi) is 8.13. The number of nitrogens with one attached hydrogen (secondary N) is 1. The Balaban J connectivity index is 2.45. The zero-order chi connectivity index (χ0) is 17.1. The average molecular weight is 318 g/mol. The van der Waals surface area contributed by atoms with Gasteiger partial charge in [0.05, 0.1) is 13.0 Å². The Morgan fingerprint density at radius 1 is 1.22 bits per heavy atom. The molecule has 0 fully saturated rings. The summed E-state index contributed by atoms with van der Waals surface area (Å²) < 4.78 is 4.74. The van der Waals surface area contributed by atoms with E-state index >= 15 is 0 Å². The molecule has 0 saturated heterocycles. The van der Waals surface area contributed by atoms with Crippen LogP contribution in [0, 0.1) is 0 Å². The molecule has 0 aliphatic rings. The number of rotatable bonds is 9. The van der Waals surface area contributed by atoms with E-state index in [1.807, 2.05) is 36.4 Å². The average Bonchev–Trinajstić information content (AvgIpc) is 2.53. The summed E-state index contributed by atoms with van der Waals surface area (Å²) in [5.74, 6) is -1.47. The third kappa shape index (κ3) is 7.80. The van der Waals surface area contributed by atoms with Gasteiger partial charge in [-0.2, -0.15) is 0 Å². The van der Waals surface area contributed by atoms with Gasteiger partial charge in [-0.15, -0.1) is 0 Å². The van der Waals surface area contributed by atoms with Gasteiger partial charge < -0.3 is 15.8 Å². The fourth-order valence-corrected chi connectivity index (χ4v) is 1.87. The van der Waals surface area contributed by atoms with Gasteiger partial charge in [0.15, 0.2) is 0 Å². The summed E-state index contributed by atoms with van der Waals surface area (Å²) in [6.07, 6.45) is 3.85. The predicted molar refractivity (Wildman–Crippen MR) is 87.1 cm³/mol. The molecule has 0 heterocycles. The quantitative estimate of drug-likeness (QED) is 0.672. The summed E-state index contributed by atoms with van der Waals surface area (Å²) in [7, 11) is 0. The highest BCUT2D eigenvalue weighted by atomic mass is 16.5. The first kappa shape index (κ1) is 18.4. The number of benzene rings is 1. The number of ether oxygens (including phenoxy) is 1. The normalized spacial score (nSPS) is 11.9. The largest absolute Gasteiger partial charge is 0.466 e. The van der Waals surface area contributed by atoms with Crippen molar-refractivity contribution >= 4 is 23.9 Å². The second-order valence-electron chi connectivity index (χ2n) is 4.88. The Hall–Kier alpha value is -2.63. The molecule has 1 aromatic carbocycles. The van der Waals surface area contributed by atoms with Crippen LogP contribution in [0.25, 0.3) is 6.08 Å². The molecule has 2 amide bonds. The van der Waals surface area contributed by atoms with Crippen molar-refractivity contribution in [3.63, 3.8) is 0 Å². The number of amides is 2. The maximum Gasteiger partial charge on any atom is 0.306 e. The molecule has 0 radical (unpaired) electrons. The van der Waals surface area contributed by atoms with E-state index in [0.717, 1.165) is 5.56 Å². The van der Waals surface area contributed by atoms with Gasteiger partial charge in [0.25, 0.3) is 0 Å². The summed E-state index contributed by atoms with van der Waals surface area (Å²) in [4.78, 5) is 34.3. The maximum atomic E-state index is 11.7. The number of carbonyl (C=O) groups is 3. The van der Waals surface area contributed by atoms with Crippen LogP contribution in [-0.2, 0) is 19.1 Å². The van der Waals surface area contributed by atoms with Crippen molar-refractivity contribution in [3.8, 4) is 0 Å². The van der Waals surface area contributed by atoms with Crippen LogP contribution >= 0.6 is 0 Å². The van der Waals surface area contributed by atoms with Crippen LogP contribution in [0.1, 0.15) is 31.7 Å². The molecule has 23 heavy (non-hydrogen) atoms. The molecule has 3 N–H and O–H groups in total. The van der Waals surface area contributed by atoms with E-state index in [1.54, 1.807) is 13.0 Å². The standard InChI is InChI=1S/C17H22N2O4/c1-2-23-16(21)12-11-15(20)19-14(17(18)22)10-6-9-13-7-4-3-5-8-13/h3-9,14H,2,10-12H2,1H3,(H2,18,22)(H,19,20)/b9-6+/t14-/m0/s1. The number of carbonyl (C=O) groups excluding carboxylic acids is 3. The van der Waals surface area contributed by atoms with Gasteiger partial charge >= 0.3 is 5.97 Å². The summed E-state index contributed by atoms with van der Waals surface area (Å²) >= 11 is 0. The maximum absolute atomic E-state index is 11.7. The van der Waals surface area contributed by atoms with Crippen molar-refractivity contribution in [3.05, 3.63) is 42.0 Å². The number of nitrogens with two attached hydrogens (primary N) is 1. The van der Waals surface area contributed by atoms with Gasteiger partial charge in [-0.05, 0) is 18.9 Å². The van der Waals surface area contributed by atoms with Crippen molar-refractivity contribution in [1.29, 1.82) is 0 Å². The number of hydrogen-bond donors (Lipinski definition) is 2. The van der Waals surface area contributed by atoms with Gasteiger partial charge in [0, 0.05) is 6.42 Å². The lowest BCUT2D eigenvalue weighted by molar-refractivity contribution is -0.144.